The molecular weight excluding hydrogens is 224 g/mol. The molecule has 1 aromatic rings. The molecule has 0 radical (unpaired) electrons. The van der Waals surface area contributed by atoms with Crippen molar-refractivity contribution in [1.82, 2.24) is 5.32 Å². The topological polar surface area (TPSA) is 56.0 Å². The maximum absolute atomic E-state index is 8.79. The summed E-state index contributed by atoms with van der Waals surface area (Å²) >= 11 is 0. The van der Waals surface area contributed by atoms with E-state index < -0.39 is 0 Å². The van der Waals surface area contributed by atoms with Crippen LogP contribution < -0.4 is 5.32 Å². The highest BCUT2D eigenvalue weighted by Crippen LogP contribution is 2.10. The second-order valence-corrected chi connectivity index (χ2v) is 4.57. The van der Waals surface area contributed by atoms with E-state index in [2.05, 4.69) is 11.4 Å². The Hall–Kier alpha value is -1.37. The number of unbranched alkanes of at least 4 members (excludes halogenated alkanes) is 3. The van der Waals surface area contributed by atoms with Gasteiger partial charge in [-0.05, 0) is 49.6 Å². The summed E-state index contributed by atoms with van der Waals surface area (Å²) in [4.78, 5) is 0. The molecule has 2 N–H and O–H groups in total. The van der Waals surface area contributed by atoms with Gasteiger partial charge in [-0.25, -0.2) is 0 Å². The molecule has 0 aromatic heterocycles. The zero-order valence-electron chi connectivity index (χ0n) is 11.1. The summed E-state index contributed by atoms with van der Waals surface area (Å²) in [6.07, 6.45) is 4.33. The molecule has 0 bridgehead atoms. The lowest BCUT2D eigenvalue weighted by atomic mass is 10.1. The van der Waals surface area contributed by atoms with E-state index in [9.17, 15) is 0 Å². The van der Waals surface area contributed by atoms with Crippen molar-refractivity contribution in [1.29, 1.82) is 5.26 Å². The number of hydrogen-bond acceptors (Lipinski definition) is 3. The third-order valence-corrected chi connectivity index (χ3v) is 3.05. The lowest BCUT2D eigenvalue weighted by Gasteiger charge is -2.08. The fourth-order valence-electron chi connectivity index (χ4n) is 1.90. The third kappa shape index (κ3) is 5.31. The van der Waals surface area contributed by atoms with Gasteiger partial charge in [0.25, 0.3) is 0 Å². The largest absolute Gasteiger partial charge is 0.396 e. The number of nitrogens with zero attached hydrogens (tertiary/aromatic N) is 1. The van der Waals surface area contributed by atoms with Crippen LogP contribution in [0.4, 0.5) is 0 Å². The predicted molar refractivity (Wildman–Crippen MR) is 73.2 cm³/mol. The van der Waals surface area contributed by atoms with E-state index in [4.69, 9.17) is 10.4 Å². The Kier molecular flexibility index (Phi) is 7.09. The molecule has 0 amide bonds. The van der Waals surface area contributed by atoms with Crippen molar-refractivity contribution < 1.29 is 5.11 Å². The Morgan fingerprint density at radius 2 is 2.00 bits per heavy atom. The molecular formula is C15H22N2O. The molecule has 0 aliphatic carbocycles. The van der Waals surface area contributed by atoms with Crippen LogP contribution in [0.25, 0.3) is 0 Å². The monoisotopic (exact) mass is 246 g/mol. The van der Waals surface area contributed by atoms with Crippen LogP contribution in [0.3, 0.4) is 0 Å². The summed E-state index contributed by atoms with van der Waals surface area (Å²) in [6.45, 7) is 4.21. The van der Waals surface area contributed by atoms with E-state index in [0.717, 1.165) is 37.9 Å². The third-order valence-electron chi connectivity index (χ3n) is 3.05. The van der Waals surface area contributed by atoms with E-state index in [1.807, 2.05) is 25.1 Å². The number of aliphatic hydroxyl groups is 1. The first-order valence-corrected chi connectivity index (χ1v) is 6.59. The number of aliphatic hydroxyl groups excluding tert-OH is 1. The van der Waals surface area contributed by atoms with Gasteiger partial charge < -0.3 is 10.4 Å². The highest BCUT2D eigenvalue weighted by molar-refractivity contribution is 5.37. The molecule has 0 atom stereocenters. The molecule has 3 nitrogen and oxygen atoms in total. The summed E-state index contributed by atoms with van der Waals surface area (Å²) in [5, 5.41) is 20.9. The molecule has 0 saturated carbocycles. The molecule has 3 heteroatoms. The molecule has 18 heavy (non-hydrogen) atoms. The first-order valence-electron chi connectivity index (χ1n) is 6.59. The van der Waals surface area contributed by atoms with Crippen molar-refractivity contribution >= 4 is 0 Å². The zero-order valence-corrected chi connectivity index (χ0v) is 11.1. The maximum atomic E-state index is 8.79. The van der Waals surface area contributed by atoms with Crippen LogP contribution in [-0.4, -0.2) is 18.3 Å². The minimum Gasteiger partial charge on any atom is -0.396 e. The smallest absolute Gasteiger partial charge is 0.0991 e. The minimum atomic E-state index is 0.303. The molecule has 0 heterocycles. The highest BCUT2D eigenvalue weighted by Gasteiger charge is 1.99. The van der Waals surface area contributed by atoms with Crippen LogP contribution in [0, 0.1) is 18.3 Å². The predicted octanol–water partition coefficient (Wildman–Crippen LogP) is 2.51. The van der Waals surface area contributed by atoms with Crippen molar-refractivity contribution in [2.24, 2.45) is 0 Å². The van der Waals surface area contributed by atoms with E-state index >= 15 is 0 Å². The van der Waals surface area contributed by atoms with Gasteiger partial charge >= 0.3 is 0 Å². The number of nitriles is 1. The minimum absolute atomic E-state index is 0.303. The van der Waals surface area contributed by atoms with Gasteiger partial charge in [-0.2, -0.15) is 5.26 Å². The zero-order chi connectivity index (χ0) is 13.2. The van der Waals surface area contributed by atoms with E-state index in [1.54, 1.807) is 0 Å². The van der Waals surface area contributed by atoms with Crippen molar-refractivity contribution in [3.8, 4) is 6.07 Å². The van der Waals surface area contributed by atoms with Crippen molar-refractivity contribution in [2.45, 2.75) is 39.2 Å². The quantitative estimate of drug-likeness (QED) is 0.693. The Morgan fingerprint density at radius 1 is 1.22 bits per heavy atom. The molecule has 0 spiro atoms. The SMILES string of the molecule is Cc1cc(C#N)ccc1CNCCCCCCO. The molecule has 0 saturated heterocycles. The fourth-order valence-corrected chi connectivity index (χ4v) is 1.90. The van der Waals surface area contributed by atoms with Gasteiger partial charge in [-0.1, -0.05) is 18.9 Å². The fraction of sp³-hybridized carbons (Fsp3) is 0.533. The summed E-state index contributed by atoms with van der Waals surface area (Å²) in [5.74, 6) is 0. The normalized spacial score (nSPS) is 10.3. The molecule has 1 rings (SSSR count). The summed E-state index contributed by atoms with van der Waals surface area (Å²) in [5.41, 5.74) is 3.14. The number of rotatable bonds is 8. The van der Waals surface area contributed by atoms with Crippen LogP contribution in [-0.2, 0) is 6.54 Å². The van der Waals surface area contributed by atoms with Crippen molar-refractivity contribution in [3.05, 3.63) is 34.9 Å². The first-order chi connectivity index (χ1) is 8.77. The van der Waals surface area contributed by atoms with Gasteiger partial charge in [0.1, 0.15) is 0 Å². The Labute approximate surface area is 109 Å². The van der Waals surface area contributed by atoms with Crippen molar-refractivity contribution in [2.75, 3.05) is 13.2 Å². The lowest BCUT2D eigenvalue weighted by Crippen LogP contribution is -2.15. The molecule has 1 aromatic carbocycles. The van der Waals surface area contributed by atoms with Gasteiger partial charge in [-0.3, -0.25) is 0 Å². The molecule has 98 valence electrons. The van der Waals surface area contributed by atoms with Gasteiger partial charge in [-0.15, -0.1) is 0 Å². The van der Waals surface area contributed by atoms with E-state index in [1.165, 1.54) is 17.5 Å². The molecule has 0 unspecified atom stereocenters. The van der Waals surface area contributed by atoms with E-state index in [-0.39, 0.29) is 0 Å². The molecule has 0 aliphatic rings. The van der Waals surface area contributed by atoms with Crippen molar-refractivity contribution in [3.63, 3.8) is 0 Å². The summed E-state index contributed by atoms with van der Waals surface area (Å²) < 4.78 is 0. The Balaban J connectivity index is 2.21. The number of aryl methyl sites for hydroxylation is 1. The lowest BCUT2D eigenvalue weighted by molar-refractivity contribution is 0.282. The van der Waals surface area contributed by atoms with Gasteiger partial charge in [0.2, 0.25) is 0 Å². The van der Waals surface area contributed by atoms with Gasteiger partial charge in [0, 0.05) is 13.2 Å². The summed E-state index contributed by atoms with van der Waals surface area (Å²) in [7, 11) is 0. The Bertz CT molecular complexity index is 396. The Morgan fingerprint density at radius 3 is 2.67 bits per heavy atom. The first kappa shape index (κ1) is 14.7. The number of hydrogen-bond donors (Lipinski definition) is 2. The van der Waals surface area contributed by atoms with Crippen LogP contribution in [0.2, 0.25) is 0 Å². The highest BCUT2D eigenvalue weighted by atomic mass is 16.2. The average molecular weight is 246 g/mol. The second kappa shape index (κ2) is 8.68. The molecule has 0 fully saturated rings. The summed E-state index contributed by atoms with van der Waals surface area (Å²) in [6, 6.07) is 7.97. The van der Waals surface area contributed by atoms with Crippen LogP contribution >= 0.6 is 0 Å². The van der Waals surface area contributed by atoms with Crippen LogP contribution in [0.1, 0.15) is 42.4 Å². The maximum Gasteiger partial charge on any atom is 0.0991 e. The number of nitrogens with one attached hydrogen (secondary N) is 1. The average Bonchev–Trinajstić information content (AvgIpc) is 2.39. The standard InChI is InChI=1S/C15H22N2O/c1-13-10-14(11-16)6-7-15(13)12-17-8-4-2-3-5-9-18/h6-7,10,17-18H,2-5,8-9,12H2,1H3. The number of benzene rings is 1. The molecule has 0 aliphatic heterocycles. The van der Waals surface area contributed by atoms with Gasteiger partial charge in [0.05, 0.1) is 11.6 Å². The van der Waals surface area contributed by atoms with Crippen LogP contribution in [0.15, 0.2) is 18.2 Å². The van der Waals surface area contributed by atoms with Gasteiger partial charge in [0.15, 0.2) is 0 Å². The second-order valence-electron chi connectivity index (χ2n) is 4.57. The van der Waals surface area contributed by atoms with Crippen LogP contribution in [0.5, 0.6) is 0 Å². The van der Waals surface area contributed by atoms with E-state index in [0.29, 0.717) is 6.61 Å².